The average molecular weight is 329 g/mol. The fraction of sp³-hybridized carbons (Fsp3) is 0.692. The summed E-state index contributed by atoms with van der Waals surface area (Å²) in [6.07, 6.45) is -0.617. The molecule has 0 amide bonds. The molecular weight excluding hydrogens is 309 g/mol. The van der Waals surface area contributed by atoms with Crippen LogP contribution in [-0.2, 0) is 9.09 Å². The summed E-state index contributed by atoms with van der Waals surface area (Å²) in [5, 5.41) is 10.8. The summed E-state index contributed by atoms with van der Waals surface area (Å²) in [6.45, 7) is 8.81. The summed E-state index contributed by atoms with van der Waals surface area (Å²) < 4.78 is 28.1. The Balaban J connectivity index is 1.89. The standard InChI is InChI=1S/C13H20N3O5P/c1-13(2,3)12(10-4-5-11(20-10)16(17)18)21-22(19,14-6-7-14)15-8-9-15/h4-5,12H,6-9H2,1-3H3. The first-order valence-electron chi connectivity index (χ1n) is 7.25. The van der Waals surface area contributed by atoms with Gasteiger partial charge in [-0.25, -0.2) is 9.34 Å². The number of nitrogens with zero attached hydrogens (tertiary/aromatic N) is 3. The minimum absolute atomic E-state index is 0.332. The van der Waals surface area contributed by atoms with Crippen LogP contribution < -0.4 is 0 Å². The van der Waals surface area contributed by atoms with Gasteiger partial charge in [-0.3, -0.25) is 19.2 Å². The van der Waals surface area contributed by atoms with E-state index in [1.54, 1.807) is 0 Å². The molecule has 1 aromatic heterocycles. The average Bonchev–Trinajstić information content (AvgIpc) is 3.30. The van der Waals surface area contributed by atoms with Crippen molar-refractivity contribution in [2.45, 2.75) is 26.9 Å². The van der Waals surface area contributed by atoms with Crippen molar-refractivity contribution >= 4 is 13.6 Å². The second-order valence-corrected chi connectivity index (χ2v) is 9.01. The van der Waals surface area contributed by atoms with Crippen molar-refractivity contribution in [1.82, 2.24) is 9.34 Å². The van der Waals surface area contributed by atoms with Crippen LogP contribution in [0.5, 0.6) is 0 Å². The molecule has 0 bridgehead atoms. The normalized spacial score (nSPS) is 20.9. The van der Waals surface area contributed by atoms with Crippen molar-refractivity contribution in [2.24, 2.45) is 5.41 Å². The third kappa shape index (κ3) is 2.96. The van der Waals surface area contributed by atoms with Gasteiger partial charge < -0.3 is 4.42 Å². The molecule has 8 nitrogen and oxygen atoms in total. The molecule has 3 rings (SSSR count). The van der Waals surface area contributed by atoms with E-state index in [9.17, 15) is 14.7 Å². The third-order valence-electron chi connectivity index (χ3n) is 3.64. The van der Waals surface area contributed by atoms with E-state index < -0.39 is 24.1 Å². The molecule has 9 heteroatoms. The predicted octanol–water partition coefficient (Wildman–Crippen LogP) is 3.03. The predicted molar refractivity (Wildman–Crippen MR) is 79.4 cm³/mol. The summed E-state index contributed by atoms with van der Waals surface area (Å²) in [5.74, 6) is 0.00395. The van der Waals surface area contributed by atoms with Crippen LogP contribution in [0.15, 0.2) is 16.5 Å². The maximum absolute atomic E-state index is 13.2. The van der Waals surface area contributed by atoms with Gasteiger partial charge >= 0.3 is 13.6 Å². The Morgan fingerprint density at radius 1 is 1.27 bits per heavy atom. The van der Waals surface area contributed by atoms with E-state index in [4.69, 9.17) is 8.94 Å². The second kappa shape index (κ2) is 5.16. The molecule has 1 aromatic rings. The van der Waals surface area contributed by atoms with Gasteiger partial charge in [0.25, 0.3) is 0 Å². The van der Waals surface area contributed by atoms with E-state index in [1.807, 2.05) is 30.1 Å². The monoisotopic (exact) mass is 329 g/mol. The molecule has 122 valence electrons. The van der Waals surface area contributed by atoms with E-state index in [-0.39, 0.29) is 5.88 Å². The first-order chi connectivity index (χ1) is 10.2. The molecule has 1 atom stereocenters. The van der Waals surface area contributed by atoms with Crippen LogP contribution in [0.2, 0.25) is 0 Å². The molecule has 0 saturated carbocycles. The number of nitro groups is 1. The number of hydrogen-bond acceptors (Lipinski definition) is 5. The largest absolute Gasteiger partial charge is 0.433 e. The highest BCUT2D eigenvalue weighted by molar-refractivity contribution is 7.54. The van der Waals surface area contributed by atoms with Crippen molar-refractivity contribution in [3.05, 3.63) is 28.0 Å². The van der Waals surface area contributed by atoms with Crippen molar-refractivity contribution < 1.29 is 18.4 Å². The Morgan fingerprint density at radius 2 is 1.82 bits per heavy atom. The van der Waals surface area contributed by atoms with Crippen LogP contribution in [0.25, 0.3) is 0 Å². The molecule has 2 aliphatic rings. The van der Waals surface area contributed by atoms with E-state index >= 15 is 0 Å². The molecule has 2 saturated heterocycles. The lowest BCUT2D eigenvalue weighted by Crippen LogP contribution is -2.23. The minimum Gasteiger partial charge on any atom is -0.403 e. The molecular formula is C13H20N3O5P. The van der Waals surface area contributed by atoms with E-state index in [0.29, 0.717) is 5.76 Å². The SMILES string of the molecule is CC(C)(C)C(OP(=O)(N1CC1)N1CC1)c1ccc([N+](=O)[O-])o1. The van der Waals surface area contributed by atoms with Crippen LogP contribution in [-0.4, -0.2) is 40.4 Å². The second-order valence-electron chi connectivity index (χ2n) is 6.68. The molecule has 0 spiro atoms. The van der Waals surface area contributed by atoms with Gasteiger partial charge in [0.15, 0.2) is 0 Å². The van der Waals surface area contributed by atoms with Crippen LogP contribution in [0.1, 0.15) is 32.6 Å². The maximum Gasteiger partial charge on any atom is 0.433 e. The van der Waals surface area contributed by atoms with Gasteiger partial charge in [0.2, 0.25) is 0 Å². The summed E-state index contributed by atoms with van der Waals surface area (Å²) in [6, 6.07) is 2.83. The Morgan fingerprint density at radius 3 is 2.18 bits per heavy atom. The Labute approximate surface area is 128 Å². The lowest BCUT2D eigenvalue weighted by Gasteiger charge is -2.32. The molecule has 1 unspecified atom stereocenters. The Kier molecular flexibility index (Phi) is 3.68. The molecule has 2 fully saturated rings. The maximum atomic E-state index is 13.2. The van der Waals surface area contributed by atoms with Crippen molar-refractivity contribution in [2.75, 3.05) is 26.2 Å². The molecule has 22 heavy (non-hydrogen) atoms. The van der Waals surface area contributed by atoms with Crippen LogP contribution in [0.4, 0.5) is 5.88 Å². The molecule has 0 aromatic carbocycles. The van der Waals surface area contributed by atoms with E-state index in [1.165, 1.54) is 12.1 Å². The highest BCUT2D eigenvalue weighted by Crippen LogP contribution is 2.64. The Hall–Kier alpha value is -1.21. The topological polar surface area (TPSA) is 88.6 Å². The lowest BCUT2D eigenvalue weighted by atomic mass is 9.88. The lowest BCUT2D eigenvalue weighted by molar-refractivity contribution is -0.402. The summed E-state index contributed by atoms with van der Waals surface area (Å²) >= 11 is 0. The zero-order valence-electron chi connectivity index (χ0n) is 12.9. The summed E-state index contributed by atoms with van der Waals surface area (Å²) in [5.41, 5.74) is -0.409. The third-order valence-corrected chi connectivity index (χ3v) is 6.36. The van der Waals surface area contributed by atoms with Crippen molar-refractivity contribution in [3.8, 4) is 0 Å². The van der Waals surface area contributed by atoms with Gasteiger partial charge in [-0.05, 0) is 11.5 Å². The summed E-state index contributed by atoms with van der Waals surface area (Å²) in [7, 11) is -3.04. The first kappa shape index (κ1) is 15.7. The quantitative estimate of drug-likeness (QED) is 0.343. The fourth-order valence-corrected chi connectivity index (χ4v) is 4.77. The summed E-state index contributed by atoms with van der Waals surface area (Å²) in [4.78, 5) is 10.2. The smallest absolute Gasteiger partial charge is 0.403 e. The first-order valence-corrected chi connectivity index (χ1v) is 8.78. The van der Waals surface area contributed by atoms with Gasteiger partial charge in [-0.2, -0.15) is 0 Å². The molecule has 3 heterocycles. The fourth-order valence-electron chi connectivity index (χ4n) is 2.26. The van der Waals surface area contributed by atoms with Gasteiger partial charge in [0, 0.05) is 26.2 Å². The Bertz CT molecular complexity index is 614. The minimum atomic E-state index is -3.04. The highest BCUT2D eigenvalue weighted by Gasteiger charge is 2.52. The van der Waals surface area contributed by atoms with E-state index in [2.05, 4.69) is 0 Å². The zero-order chi connectivity index (χ0) is 16.1. The van der Waals surface area contributed by atoms with Gasteiger partial charge in [-0.1, -0.05) is 20.8 Å². The number of rotatable bonds is 6. The van der Waals surface area contributed by atoms with Crippen LogP contribution in [0.3, 0.4) is 0 Å². The molecule has 0 aliphatic carbocycles. The van der Waals surface area contributed by atoms with Crippen LogP contribution >= 0.6 is 7.67 Å². The van der Waals surface area contributed by atoms with E-state index in [0.717, 1.165) is 26.2 Å². The highest BCUT2D eigenvalue weighted by atomic mass is 31.2. The molecule has 0 N–H and O–H groups in total. The van der Waals surface area contributed by atoms with Gasteiger partial charge in [0.05, 0.1) is 6.07 Å². The van der Waals surface area contributed by atoms with Gasteiger partial charge in [0.1, 0.15) is 16.8 Å². The van der Waals surface area contributed by atoms with Gasteiger partial charge in [-0.15, -0.1) is 0 Å². The number of furan rings is 1. The molecule has 2 aliphatic heterocycles. The number of hydrogen-bond donors (Lipinski definition) is 0. The zero-order valence-corrected chi connectivity index (χ0v) is 13.8. The van der Waals surface area contributed by atoms with Crippen molar-refractivity contribution in [3.63, 3.8) is 0 Å². The van der Waals surface area contributed by atoms with Crippen LogP contribution in [0, 0.1) is 15.5 Å². The molecule has 0 radical (unpaired) electrons. The van der Waals surface area contributed by atoms with Crippen molar-refractivity contribution in [1.29, 1.82) is 0 Å².